The highest BCUT2D eigenvalue weighted by Crippen LogP contribution is 2.26. The maximum Gasteiger partial charge on any atom is 0.0932 e. The summed E-state index contributed by atoms with van der Waals surface area (Å²) in [7, 11) is 2.14. The molecule has 1 saturated heterocycles. The number of piperazine rings is 1. The molecular formula is C13H21N3O. The minimum atomic E-state index is -0.564. The van der Waals surface area contributed by atoms with E-state index in [4.69, 9.17) is 5.73 Å². The second-order valence-electron chi connectivity index (χ2n) is 4.60. The first-order chi connectivity index (χ1) is 8.22. The van der Waals surface area contributed by atoms with E-state index in [1.807, 2.05) is 18.2 Å². The van der Waals surface area contributed by atoms with Gasteiger partial charge in [-0.15, -0.1) is 0 Å². The van der Waals surface area contributed by atoms with E-state index in [9.17, 15) is 5.11 Å². The fraction of sp³-hybridized carbons (Fsp3) is 0.538. The normalized spacial score (nSPS) is 19.4. The summed E-state index contributed by atoms with van der Waals surface area (Å²) < 4.78 is 0. The summed E-state index contributed by atoms with van der Waals surface area (Å²) in [6.45, 7) is 4.40. The molecule has 1 aromatic carbocycles. The lowest BCUT2D eigenvalue weighted by Gasteiger charge is -2.35. The van der Waals surface area contributed by atoms with E-state index in [-0.39, 0.29) is 6.54 Å². The van der Waals surface area contributed by atoms with Crippen molar-refractivity contribution in [3.63, 3.8) is 0 Å². The molecule has 0 saturated carbocycles. The van der Waals surface area contributed by atoms with Crippen molar-refractivity contribution in [3.05, 3.63) is 29.8 Å². The quantitative estimate of drug-likeness (QED) is 0.798. The Morgan fingerprint density at radius 1 is 1.24 bits per heavy atom. The Bertz CT molecular complexity index is 361. The molecule has 0 spiro atoms. The van der Waals surface area contributed by atoms with E-state index in [1.54, 1.807) is 0 Å². The van der Waals surface area contributed by atoms with Crippen LogP contribution in [0.1, 0.15) is 11.7 Å². The fourth-order valence-corrected chi connectivity index (χ4v) is 2.23. The number of aliphatic hydroxyl groups excluding tert-OH is 1. The molecule has 4 nitrogen and oxygen atoms in total. The van der Waals surface area contributed by atoms with Gasteiger partial charge in [-0.3, -0.25) is 0 Å². The third kappa shape index (κ3) is 2.77. The maximum atomic E-state index is 9.93. The van der Waals surface area contributed by atoms with Gasteiger partial charge in [0.05, 0.1) is 6.10 Å². The van der Waals surface area contributed by atoms with Gasteiger partial charge in [-0.1, -0.05) is 18.2 Å². The molecule has 1 unspecified atom stereocenters. The summed E-state index contributed by atoms with van der Waals surface area (Å²) in [4.78, 5) is 4.65. The SMILES string of the molecule is CN1CCN(c2ccccc2C(O)CN)CC1. The number of rotatable bonds is 3. The smallest absolute Gasteiger partial charge is 0.0932 e. The van der Waals surface area contributed by atoms with Crippen LogP contribution in [0.25, 0.3) is 0 Å². The van der Waals surface area contributed by atoms with Gasteiger partial charge < -0.3 is 20.6 Å². The lowest BCUT2D eigenvalue weighted by molar-refractivity contribution is 0.186. The van der Waals surface area contributed by atoms with Crippen LogP contribution < -0.4 is 10.6 Å². The third-order valence-electron chi connectivity index (χ3n) is 3.36. The molecule has 1 atom stereocenters. The Hall–Kier alpha value is -1.10. The van der Waals surface area contributed by atoms with Crippen LogP contribution in [0.3, 0.4) is 0 Å². The molecule has 1 heterocycles. The number of aliphatic hydroxyl groups is 1. The molecule has 0 bridgehead atoms. The summed E-state index contributed by atoms with van der Waals surface area (Å²) in [5.74, 6) is 0. The van der Waals surface area contributed by atoms with Crippen LogP contribution in [0.4, 0.5) is 5.69 Å². The number of nitrogens with two attached hydrogens (primary N) is 1. The first-order valence-corrected chi connectivity index (χ1v) is 6.13. The fourth-order valence-electron chi connectivity index (χ4n) is 2.23. The first kappa shape index (κ1) is 12.4. The molecule has 0 radical (unpaired) electrons. The average Bonchev–Trinajstić information content (AvgIpc) is 2.39. The van der Waals surface area contributed by atoms with Crippen LogP contribution in [0, 0.1) is 0 Å². The van der Waals surface area contributed by atoms with Gasteiger partial charge in [0.1, 0.15) is 0 Å². The highest BCUT2D eigenvalue weighted by molar-refractivity contribution is 5.55. The van der Waals surface area contributed by atoms with Crippen molar-refractivity contribution in [2.24, 2.45) is 5.73 Å². The minimum absolute atomic E-state index is 0.269. The van der Waals surface area contributed by atoms with Crippen molar-refractivity contribution >= 4 is 5.69 Å². The van der Waals surface area contributed by atoms with Crippen LogP contribution >= 0.6 is 0 Å². The predicted molar refractivity (Wildman–Crippen MR) is 70.2 cm³/mol. The summed E-state index contributed by atoms with van der Waals surface area (Å²) in [6.07, 6.45) is -0.564. The summed E-state index contributed by atoms with van der Waals surface area (Å²) in [6, 6.07) is 8.00. The van der Waals surface area contributed by atoms with Crippen molar-refractivity contribution in [2.75, 3.05) is 44.7 Å². The third-order valence-corrected chi connectivity index (χ3v) is 3.36. The van der Waals surface area contributed by atoms with E-state index in [0.717, 1.165) is 37.4 Å². The molecule has 2 rings (SSSR count). The highest BCUT2D eigenvalue weighted by atomic mass is 16.3. The van der Waals surface area contributed by atoms with Crippen molar-refractivity contribution in [3.8, 4) is 0 Å². The van der Waals surface area contributed by atoms with Crippen molar-refractivity contribution in [1.29, 1.82) is 0 Å². The highest BCUT2D eigenvalue weighted by Gasteiger charge is 2.19. The predicted octanol–water partition coefficient (Wildman–Crippen LogP) is 0.430. The van der Waals surface area contributed by atoms with Gasteiger partial charge in [0.2, 0.25) is 0 Å². The number of nitrogens with zero attached hydrogens (tertiary/aromatic N) is 2. The summed E-state index contributed by atoms with van der Waals surface area (Å²) in [5, 5.41) is 9.93. The van der Waals surface area contributed by atoms with E-state index in [0.29, 0.717) is 0 Å². The standard InChI is InChI=1S/C13H21N3O/c1-15-6-8-16(9-7-15)12-5-3-2-4-11(12)13(17)10-14/h2-5,13,17H,6-10,14H2,1H3. The van der Waals surface area contributed by atoms with Crippen LogP contribution in [-0.2, 0) is 0 Å². The van der Waals surface area contributed by atoms with E-state index < -0.39 is 6.10 Å². The Kier molecular flexibility index (Phi) is 3.99. The maximum absolute atomic E-state index is 9.93. The summed E-state index contributed by atoms with van der Waals surface area (Å²) >= 11 is 0. The molecule has 94 valence electrons. The van der Waals surface area contributed by atoms with Crippen molar-refractivity contribution < 1.29 is 5.11 Å². The van der Waals surface area contributed by atoms with E-state index in [2.05, 4.69) is 22.9 Å². The molecular weight excluding hydrogens is 214 g/mol. The Labute approximate surface area is 103 Å². The molecule has 1 aromatic rings. The molecule has 0 aliphatic carbocycles. The molecule has 4 heteroatoms. The second-order valence-corrected chi connectivity index (χ2v) is 4.60. The number of benzene rings is 1. The zero-order valence-electron chi connectivity index (χ0n) is 10.3. The lowest BCUT2D eigenvalue weighted by atomic mass is 10.1. The number of anilines is 1. The Balaban J connectivity index is 2.19. The zero-order chi connectivity index (χ0) is 12.3. The van der Waals surface area contributed by atoms with Gasteiger partial charge in [-0.05, 0) is 13.1 Å². The van der Waals surface area contributed by atoms with E-state index >= 15 is 0 Å². The molecule has 1 fully saturated rings. The molecule has 17 heavy (non-hydrogen) atoms. The first-order valence-electron chi connectivity index (χ1n) is 6.13. The Morgan fingerprint density at radius 2 is 1.88 bits per heavy atom. The topological polar surface area (TPSA) is 52.7 Å². The minimum Gasteiger partial charge on any atom is -0.387 e. The number of hydrogen-bond acceptors (Lipinski definition) is 4. The van der Waals surface area contributed by atoms with Gasteiger partial charge in [0.15, 0.2) is 0 Å². The Morgan fingerprint density at radius 3 is 2.53 bits per heavy atom. The lowest BCUT2D eigenvalue weighted by Crippen LogP contribution is -2.45. The van der Waals surface area contributed by atoms with E-state index in [1.165, 1.54) is 0 Å². The van der Waals surface area contributed by atoms with Crippen LogP contribution in [0.2, 0.25) is 0 Å². The summed E-state index contributed by atoms with van der Waals surface area (Å²) in [5.41, 5.74) is 7.62. The molecule has 0 aromatic heterocycles. The largest absolute Gasteiger partial charge is 0.387 e. The molecule has 0 amide bonds. The average molecular weight is 235 g/mol. The van der Waals surface area contributed by atoms with Crippen molar-refractivity contribution in [1.82, 2.24) is 4.90 Å². The van der Waals surface area contributed by atoms with Gasteiger partial charge in [0.25, 0.3) is 0 Å². The van der Waals surface area contributed by atoms with Crippen LogP contribution in [-0.4, -0.2) is 49.8 Å². The van der Waals surface area contributed by atoms with Crippen LogP contribution in [0.15, 0.2) is 24.3 Å². The monoisotopic (exact) mass is 235 g/mol. The molecule has 1 aliphatic heterocycles. The van der Waals surface area contributed by atoms with Gasteiger partial charge in [0, 0.05) is 44.0 Å². The number of hydrogen-bond donors (Lipinski definition) is 2. The van der Waals surface area contributed by atoms with Gasteiger partial charge in [-0.25, -0.2) is 0 Å². The number of para-hydroxylation sites is 1. The number of likely N-dealkylation sites (N-methyl/N-ethyl adjacent to an activating group) is 1. The second kappa shape index (κ2) is 5.49. The van der Waals surface area contributed by atoms with Gasteiger partial charge in [-0.2, -0.15) is 0 Å². The zero-order valence-corrected chi connectivity index (χ0v) is 10.3. The molecule has 1 aliphatic rings. The molecule has 3 N–H and O–H groups in total. The van der Waals surface area contributed by atoms with Crippen LogP contribution in [0.5, 0.6) is 0 Å². The van der Waals surface area contributed by atoms with Crippen molar-refractivity contribution in [2.45, 2.75) is 6.10 Å². The van der Waals surface area contributed by atoms with Gasteiger partial charge >= 0.3 is 0 Å².